The highest BCUT2D eigenvalue weighted by atomic mass is 79.9. The van der Waals surface area contributed by atoms with Crippen LogP contribution >= 0.6 is 15.9 Å². The van der Waals surface area contributed by atoms with Gasteiger partial charge in [-0.15, -0.1) is 0 Å². The number of aromatic nitrogens is 2. The molecule has 7 heteroatoms. The third-order valence-electron chi connectivity index (χ3n) is 2.54. The average Bonchev–Trinajstić information content (AvgIpc) is 2.40. The van der Waals surface area contributed by atoms with Gasteiger partial charge in [0.15, 0.2) is 11.4 Å². The van der Waals surface area contributed by atoms with Crippen LogP contribution in [0.4, 0.5) is 0 Å². The fourth-order valence-electron chi connectivity index (χ4n) is 1.62. The van der Waals surface area contributed by atoms with E-state index in [1.54, 1.807) is 31.2 Å². The molecular weight excluding hydrogens is 326 g/mol. The zero-order valence-electron chi connectivity index (χ0n) is 10.6. The number of carbonyl (C=O) groups excluding carboxylic acids is 1. The number of halogens is 1. The van der Waals surface area contributed by atoms with Crippen molar-refractivity contribution < 1.29 is 9.90 Å². The standard InChI is InChI=1S/C13H12BrN3O3/c1-2-15-13(20)12-10(18)7-11(19)17(16-12)9-5-3-8(14)4-6-9/h3-7,18H,2H2,1H3,(H,15,20). The van der Waals surface area contributed by atoms with E-state index in [1.807, 2.05) is 0 Å². The number of hydrogen-bond acceptors (Lipinski definition) is 4. The van der Waals surface area contributed by atoms with Gasteiger partial charge in [0, 0.05) is 17.1 Å². The molecule has 1 aromatic carbocycles. The molecule has 0 aliphatic carbocycles. The van der Waals surface area contributed by atoms with E-state index < -0.39 is 17.2 Å². The largest absolute Gasteiger partial charge is 0.505 e. The maximum Gasteiger partial charge on any atom is 0.275 e. The molecule has 1 heterocycles. The molecule has 0 atom stereocenters. The summed E-state index contributed by atoms with van der Waals surface area (Å²) in [5.74, 6) is -0.967. The molecule has 6 nitrogen and oxygen atoms in total. The zero-order chi connectivity index (χ0) is 14.7. The molecule has 0 radical (unpaired) electrons. The second-order valence-corrected chi connectivity index (χ2v) is 4.88. The van der Waals surface area contributed by atoms with Crippen molar-refractivity contribution in [2.45, 2.75) is 6.92 Å². The molecular formula is C13H12BrN3O3. The molecule has 0 aliphatic rings. The Balaban J connectivity index is 2.54. The van der Waals surface area contributed by atoms with Crippen LogP contribution in [0.15, 0.2) is 39.6 Å². The van der Waals surface area contributed by atoms with Crippen molar-refractivity contribution >= 4 is 21.8 Å². The predicted octanol–water partition coefficient (Wildman–Crippen LogP) is 1.45. The highest BCUT2D eigenvalue weighted by Crippen LogP contribution is 2.15. The van der Waals surface area contributed by atoms with Gasteiger partial charge in [0.05, 0.1) is 5.69 Å². The summed E-state index contributed by atoms with van der Waals surface area (Å²) in [5, 5.41) is 16.1. The van der Waals surface area contributed by atoms with Crippen molar-refractivity contribution in [3.05, 3.63) is 50.9 Å². The van der Waals surface area contributed by atoms with Gasteiger partial charge in [0.1, 0.15) is 0 Å². The summed E-state index contributed by atoms with van der Waals surface area (Å²) in [6.45, 7) is 2.15. The van der Waals surface area contributed by atoms with E-state index in [4.69, 9.17) is 0 Å². The predicted molar refractivity (Wildman–Crippen MR) is 77.2 cm³/mol. The van der Waals surface area contributed by atoms with E-state index in [1.165, 1.54) is 0 Å². The van der Waals surface area contributed by atoms with Crippen LogP contribution in [0.5, 0.6) is 5.75 Å². The lowest BCUT2D eigenvalue weighted by molar-refractivity contribution is 0.0946. The van der Waals surface area contributed by atoms with Crippen LogP contribution in [0.3, 0.4) is 0 Å². The molecule has 0 saturated carbocycles. The molecule has 0 unspecified atom stereocenters. The Bertz CT molecular complexity index is 695. The van der Waals surface area contributed by atoms with Crippen LogP contribution < -0.4 is 10.9 Å². The minimum atomic E-state index is -0.532. The van der Waals surface area contributed by atoms with E-state index in [0.717, 1.165) is 15.2 Å². The minimum Gasteiger partial charge on any atom is -0.505 e. The summed E-state index contributed by atoms with van der Waals surface area (Å²) in [7, 11) is 0. The quantitative estimate of drug-likeness (QED) is 0.887. The van der Waals surface area contributed by atoms with Crippen LogP contribution in [0, 0.1) is 0 Å². The zero-order valence-corrected chi connectivity index (χ0v) is 12.2. The number of amides is 1. The van der Waals surface area contributed by atoms with Crippen LogP contribution in [0.2, 0.25) is 0 Å². The molecule has 0 aliphatic heterocycles. The molecule has 1 amide bonds. The first-order valence-electron chi connectivity index (χ1n) is 5.90. The lowest BCUT2D eigenvalue weighted by atomic mass is 10.3. The lowest BCUT2D eigenvalue weighted by Crippen LogP contribution is -2.29. The Hall–Kier alpha value is -2.15. The molecule has 2 N–H and O–H groups in total. The van der Waals surface area contributed by atoms with Crippen LogP contribution in [0.1, 0.15) is 17.4 Å². The first-order chi connectivity index (χ1) is 9.52. The topological polar surface area (TPSA) is 84.2 Å². The number of aromatic hydroxyl groups is 1. The number of hydrogen-bond donors (Lipinski definition) is 2. The average molecular weight is 338 g/mol. The molecule has 2 rings (SSSR count). The van der Waals surface area contributed by atoms with E-state index in [0.29, 0.717) is 12.2 Å². The second kappa shape index (κ2) is 5.87. The number of nitrogens with one attached hydrogen (secondary N) is 1. The first-order valence-corrected chi connectivity index (χ1v) is 6.69. The summed E-state index contributed by atoms with van der Waals surface area (Å²) >= 11 is 3.29. The van der Waals surface area contributed by atoms with E-state index >= 15 is 0 Å². The Morgan fingerprint density at radius 1 is 1.40 bits per heavy atom. The van der Waals surface area contributed by atoms with Gasteiger partial charge in [-0.1, -0.05) is 15.9 Å². The molecule has 20 heavy (non-hydrogen) atoms. The molecule has 0 saturated heterocycles. The van der Waals surface area contributed by atoms with Gasteiger partial charge in [0.2, 0.25) is 0 Å². The molecule has 2 aromatic rings. The summed E-state index contributed by atoms with van der Waals surface area (Å²) in [4.78, 5) is 23.6. The van der Waals surface area contributed by atoms with Crippen molar-refractivity contribution in [2.24, 2.45) is 0 Å². The van der Waals surface area contributed by atoms with E-state index in [2.05, 4.69) is 26.3 Å². The van der Waals surface area contributed by atoms with Gasteiger partial charge >= 0.3 is 0 Å². The van der Waals surface area contributed by atoms with Crippen molar-refractivity contribution in [1.29, 1.82) is 0 Å². The minimum absolute atomic E-state index is 0.186. The number of rotatable bonds is 3. The van der Waals surface area contributed by atoms with Crippen LogP contribution in [-0.2, 0) is 0 Å². The van der Waals surface area contributed by atoms with Gasteiger partial charge in [-0.05, 0) is 31.2 Å². The van der Waals surface area contributed by atoms with Crippen LogP contribution in [0.25, 0.3) is 5.69 Å². The summed E-state index contributed by atoms with van der Waals surface area (Å²) in [6.07, 6.45) is 0. The molecule has 0 fully saturated rings. The monoisotopic (exact) mass is 337 g/mol. The van der Waals surface area contributed by atoms with E-state index in [-0.39, 0.29) is 5.69 Å². The lowest BCUT2D eigenvalue weighted by Gasteiger charge is -2.08. The Labute approximate surface area is 123 Å². The normalized spacial score (nSPS) is 10.3. The Kier molecular flexibility index (Phi) is 4.19. The summed E-state index contributed by atoms with van der Waals surface area (Å²) in [5.41, 5.74) is -0.198. The Morgan fingerprint density at radius 2 is 2.05 bits per heavy atom. The van der Waals surface area contributed by atoms with Gasteiger partial charge in [0.25, 0.3) is 11.5 Å². The number of carbonyl (C=O) groups is 1. The van der Waals surface area contributed by atoms with Gasteiger partial charge in [-0.25, -0.2) is 0 Å². The molecule has 0 bridgehead atoms. The van der Waals surface area contributed by atoms with Gasteiger partial charge in [-0.3, -0.25) is 9.59 Å². The molecule has 0 spiro atoms. The molecule has 104 valence electrons. The van der Waals surface area contributed by atoms with E-state index in [9.17, 15) is 14.7 Å². The fraction of sp³-hybridized carbons (Fsp3) is 0.154. The van der Waals surface area contributed by atoms with Gasteiger partial charge in [-0.2, -0.15) is 9.78 Å². The smallest absolute Gasteiger partial charge is 0.275 e. The summed E-state index contributed by atoms with van der Waals surface area (Å²) in [6, 6.07) is 7.83. The fourth-order valence-corrected chi connectivity index (χ4v) is 1.88. The SMILES string of the molecule is CCNC(=O)c1nn(-c2ccc(Br)cc2)c(=O)cc1O. The van der Waals surface area contributed by atoms with Crippen molar-refractivity contribution in [3.63, 3.8) is 0 Å². The number of benzene rings is 1. The maximum atomic E-state index is 11.9. The maximum absolute atomic E-state index is 11.9. The van der Waals surface area contributed by atoms with Gasteiger partial charge < -0.3 is 10.4 Å². The first kappa shape index (κ1) is 14.3. The summed E-state index contributed by atoms with van der Waals surface area (Å²) < 4.78 is 1.92. The number of nitrogens with zero attached hydrogens (tertiary/aromatic N) is 2. The van der Waals surface area contributed by atoms with Crippen molar-refractivity contribution in [2.75, 3.05) is 6.54 Å². The Morgan fingerprint density at radius 3 is 2.65 bits per heavy atom. The second-order valence-electron chi connectivity index (χ2n) is 3.96. The third-order valence-corrected chi connectivity index (χ3v) is 3.06. The highest BCUT2D eigenvalue weighted by molar-refractivity contribution is 9.10. The molecule has 1 aromatic heterocycles. The highest BCUT2D eigenvalue weighted by Gasteiger charge is 2.15. The third kappa shape index (κ3) is 2.88. The van der Waals surface area contributed by atoms with Crippen molar-refractivity contribution in [1.82, 2.24) is 15.1 Å². The van der Waals surface area contributed by atoms with Crippen LogP contribution in [-0.4, -0.2) is 27.3 Å². The van der Waals surface area contributed by atoms with Crippen molar-refractivity contribution in [3.8, 4) is 11.4 Å².